The highest BCUT2D eigenvalue weighted by molar-refractivity contribution is 5.77. The molecule has 3 rings (SSSR count). The van der Waals surface area contributed by atoms with Crippen molar-refractivity contribution in [3.8, 4) is 0 Å². The zero-order valence-corrected chi connectivity index (χ0v) is 12.0. The fraction of sp³-hybridized carbons (Fsp3) is 0.500. The second-order valence-electron chi connectivity index (χ2n) is 6.03. The van der Waals surface area contributed by atoms with Gasteiger partial charge in [-0.2, -0.15) is 0 Å². The lowest BCUT2D eigenvalue weighted by atomic mass is 10.0. The van der Waals surface area contributed by atoms with Crippen LogP contribution in [0.3, 0.4) is 0 Å². The highest BCUT2D eigenvalue weighted by atomic mass is 16.4. The number of rotatable bonds is 5. The summed E-state index contributed by atoms with van der Waals surface area (Å²) in [6.45, 7) is 4.05. The van der Waals surface area contributed by atoms with E-state index < -0.39 is 5.97 Å². The average molecular weight is 272 g/mol. The molecule has 4 heteroatoms. The third-order valence-electron chi connectivity index (χ3n) is 3.88. The standard InChI is InChI=1S/C16H20N2O2/c1-10-3-6-14-13(7-10)17-15(18(14)12-4-5-12)8-11(2)9-16(19)20/h3,6-7,11-12H,4-5,8-9H2,1-2H3,(H,19,20). The van der Waals surface area contributed by atoms with Crippen LogP contribution in [0.4, 0.5) is 0 Å². The van der Waals surface area contributed by atoms with Gasteiger partial charge in [-0.25, -0.2) is 4.98 Å². The Hall–Kier alpha value is -1.84. The summed E-state index contributed by atoms with van der Waals surface area (Å²) in [5, 5.41) is 8.90. The van der Waals surface area contributed by atoms with Crippen molar-refractivity contribution in [1.82, 2.24) is 9.55 Å². The summed E-state index contributed by atoms with van der Waals surface area (Å²) in [7, 11) is 0. The fourth-order valence-corrected chi connectivity index (χ4v) is 2.82. The number of nitrogens with zero attached hydrogens (tertiary/aromatic N) is 2. The number of hydrogen-bond donors (Lipinski definition) is 1. The Morgan fingerprint density at radius 3 is 2.90 bits per heavy atom. The molecule has 106 valence electrons. The summed E-state index contributed by atoms with van der Waals surface area (Å²) in [6.07, 6.45) is 3.35. The van der Waals surface area contributed by atoms with Gasteiger partial charge in [-0.1, -0.05) is 13.0 Å². The minimum Gasteiger partial charge on any atom is -0.481 e. The molecular weight excluding hydrogens is 252 g/mol. The zero-order chi connectivity index (χ0) is 14.3. The molecule has 1 unspecified atom stereocenters. The van der Waals surface area contributed by atoms with Crippen molar-refractivity contribution in [2.45, 2.75) is 45.6 Å². The molecular formula is C16H20N2O2. The lowest BCUT2D eigenvalue weighted by Crippen LogP contribution is -2.11. The second kappa shape index (κ2) is 4.93. The van der Waals surface area contributed by atoms with Gasteiger partial charge in [-0.3, -0.25) is 4.79 Å². The van der Waals surface area contributed by atoms with Crippen LogP contribution in [0.15, 0.2) is 18.2 Å². The van der Waals surface area contributed by atoms with Crippen LogP contribution < -0.4 is 0 Å². The first kappa shape index (κ1) is 13.2. The Balaban J connectivity index is 1.96. The number of hydrogen-bond acceptors (Lipinski definition) is 2. The lowest BCUT2D eigenvalue weighted by Gasteiger charge is -2.11. The van der Waals surface area contributed by atoms with Crippen LogP contribution in [-0.2, 0) is 11.2 Å². The summed E-state index contributed by atoms with van der Waals surface area (Å²) in [6, 6.07) is 6.93. The smallest absolute Gasteiger partial charge is 0.303 e. The van der Waals surface area contributed by atoms with Gasteiger partial charge in [-0.05, 0) is 43.4 Å². The van der Waals surface area contributed by atoms with E-state index in [1.54, 1.807) is 0 Å². The van der Waals surface area contributed by atoms with E-state index in [4.69, 9.17) is 10.1 Å². The van der Waals surface area contributed by atoms with E-state index in [2.05, 4.69) is 29.7 Å². The average Bonchev–Trinajstić information content (AvgIpc) is 3.10. The molecule has 1 aliphatic rings. The molecule has 0 bridgehead atoms. The van der Waals surface area contributed by atoms with E-state index in [0.29, 0.717) is 6.04 Å². The van der Waals surface area contributed by atoms with E-state index >= 15 is 0 Å². The maximum Gasteiger partial charge on any atom is 0.303 e. The van der Waals surface area contributed by atoms with Crippen molar-refractivity contribution in [2.75, 3.05) is 0 Å². The van der Waals surface area contributed by atoms with Gasteiger partial charge in [0.25, 0.3) is 0 Å². The lowest BCUT2D eigenvalue weighted by molar-refractivity contribution is -0.137. The number of carboxylic acid groups (broad SMARTS) is 1. The topological polar surface area (TPSA) is 55.1 Å². The maximum absolute atomic E-state index is 10.8. The monoisotopic (exact) mass is 272 g/mol. The molecule has 1 fully saturated rings. The third-order valence-corrected chi connectivity index (χ3v) is 3.88. The quantitative estimate of drug-likeness (QED) is 0.908. The Bertz CT molecular complexity index is 656. The first-order valence-corrected chi connectivity index (χ1v) is 7.24. The summed E-state index contributed by atoms with van der Waals surface area (Å²) in [4.78, 5) is 15.6. The molecule has 1 atom stereocenters. The van der Waals surface area contributed by atoms with Gasteiger partial charge in [0.1, 0.15) is 5.82 Å². The number of aliphatic carboxylic acids is 1. The molecule has 0 aliphatic heterocycles. The molecule has 1 aromatic heterocycles. The van der Waals surface area contributed by atoms with Crippen LogP contribution in [0.5, 0.6) is 0 Å². The summed E-state index contributed by atoms with van der Waals surface area (Å²) in [5.74, 6) is 0.423. The van der Waals surface area contributed by atoms with Crippen molar-refractivity contribution in [2.24, 2.45) is 5.92 Å². The predicted molar refractivity (Wildman–Crippen MR) is 77.9 cm³/mol. The predicted octanol–water partition coefficient (Wildman–Crippen LogP) is 3.33. The van der Waals surface area contributed by atoms with Crippen LogP contribution in [0.2, 0.25) is 0 Å². The first-order chi connectivity index (χ1) is 9.54. The number of fused-ring (bicyclic) bond motifs is 1. The molecule has 20 heavy (non-hydrogen) atoms. The van der Waals surface area contributed by atoms with Gasteiger partial charge in [-0.15, -0.1) is 0 Å². The number of benzene rings is 1. The van der Waals surface area contributed by atoms with E-state index in [1.807, 2.05) is 6.92 Å². The molecule has 4 nitrogen and oxygen atoms in total. The second-order valence-corrected chi connectivity index (χ2v) is 6.03. The Labute approximate surface area is 118 Å². The Morgan fingerprint density at radius 1 is 1.50 bits per heavy atom. The molecule has 1 heterocycles. The van der Waals surface area contributed by atoms with Gasteiger partial charge < -0.3 is 9.67 Å². The first-order valence-electron chi connectivity index (χ1n) is 7.24. The van der Waals surface area contributed by atoms with Crippen molar-refractivity contribution in [3.05, 3.63) is 29.6 Å². The van der Waals surface area contributed by atoms with Crippen LogP contribution in [0.25, 0.3) is 11.0 Å². The van der Waals surface area contributed by atoms with Crippen LogP contribution in [0, 0.1) is 12.8 Å². The molecule has 1 aromatic carbocycles. The number of carboxylic acids is 1. The van der Waals surface area contributed by atoms with E-state index in [-0.39, 0.29) is 12.3 Å². The Kier molecular flexibility index (Phi) is 3.24. The van der Waals surface area contributed by atoms with Crippen molar-refractivity contribution >= 4 is 17.0 Å². The van der Waals surface area contributed by atoms with E-state index in [1.165, 1.54) is 23.9 Å². The van der Waals surface area contributed by atoms with Crippen LogP contribution in [-0.4, -0.2) is 20.6 Å². The van der Waals surface area contributed by atoms with E-state index in [9.17, 15) is 4.79 Å². The molecule has 2 aromatic rings. The number of carbonyl (C=O) groups is 1. The third kappa shape index (κ3) is 2.55. The molecule has 1 aliphatic carbocycles. The van der Waals surface area contributed by atoms with Crippen molar-refractivity contribution < 1.29 is 9.90 Å². The Morgan fingerprint density at radius 2 is 2.25 bits per heavy atom. The van der Waals surface area contributed by atoms with Crippen molar-refractivity contribution in [3.63, 3.8) is 0 Å². The fourth-order valence-electron chi connectivity index (χ4n) is 2.82. The largest absolute Gasteiger partial charge is 0.481 e. The number of aromatic nitrogens is 2. The highest BCUT2D eigenvalue weighted by Gasteiger charge is 2.28. The van der Waals surface area contributed by atoms with Crippen LogP contribution >= 0.6 is 0 Å². The molecule has 0 spiro atoms. The van der Waals surface area contributed by atoms with Gasteiger partial charge in [0.05, 0.1) is 11.0 Å². The zero-order valence-electron chi connectivity index (χ0n) is 12.0. The number of imidazole rings is 1. The summed E-state index contributed by atoms with van der Waals surface area (Å²) < 4.78 is 2.33. The van der Waals surface area contributed by atoms with Gasteiger partial charge in [0.15, 0.2) is 0 Å². The normalized spacial score (nSPS) is 16.5. The minimum atomic E-state index is -0.734. The molecule has 0 radical (unpaired) electrons. The van der Waals surface area contributed by atoms with Gasteiger partial charge in [0, 0.05) is 18.9 Å². The van der Waals surface area contributed by atoms with Gasteiger partial charge in [0.2, 0.25) is 0 Å². The summed E-state index contributed by atoms with van der Waals surface area (Å²) in [5.41, 5.74) is 3.44. The van der Waals surface area contributed by atoms with Crippen molar-refractivity contribution in [1.29, 1.82) is 0 Å². The minimum absolute atomic E-state index is 0.114. The molecule has 0 amide bonds. The molecule has 1 N–H and O–H groups in total. The number of aryl methyl sites for hydroxylation is 1. The summed E-state index contributed by atoms with van der Waals surface area (Å²) >= 11 is 0. The van der Waals surface area contributed by atoms with E-state index in [0.717, 1.165) is 17.8 Å². The SMILES string of the molecule is Cc1ccc2c(c1)nc(CC(C)CC(=O)O)n2C1CC1. The molecule has 0 saturated heterocycles. The van der Waals surface area contributed by atoms with Gasteiger partial charge >= 0.3 is 5.97 Å². The highest BCUT2D eigenvalue weighted by Crippen LogP contribution is 2.39. The van der Waals surface area contributed by atoms with Crippen LogP contribution in [0.1, 0.15) is 43.6 Å². The molecule has 1 saturated carbocycles. The maximum atomic E-state index is 10.8.